The molecule has 132 valence electrons. The predicted molar refractivity (Wildman–Crippen MR) is 88.7 cm³/mol. The van der Waals surface area contributed by atoms with Crippen molar-refractivity contribution in [1.82, 2.24) is 9.55 Å². The summed E-state index contributed by atoms with van der Waals surface area (Å²) < 4.78 is 46.4. The van der Waals surface area contributed by atoms with E-state index in [2.05, 4.69) is 24.6 Å². The molecule has 0 aliphatic carbocycles. The molecule has 0 bridgehead atoms. The summed E-state index contributed by atoms with van der Waals surface area (Å²) in [5.41, 5.74) is -0.869. The third kappa shape index (κ3) is 4.59. The van der Waals surface area contributed by atoms with Crippen LogP contribution in [0.15, 0.2) is 18.5 Å². The Morgan fingerprint density at radius 2 is 1.96 bits per heavy atom. The first-order valence-electron chi connectivity index (χ1n) is 7.49. The van der Waals surface area contributed by atoms with E-state index in [1.807, 2.05) is 0 Å². The first kappa shape index (κ1) is 19.0. The summed E-state index contributed by atoms with van der Waals surface area (Å²) in [6.07, 6.45) is -2.48. The maximum atomic E-state index is 13.2. The van der Waals surface area contributed by atoms with Crippen LogP contribution in [0.3, 0.4) is 0 Å². The number of halogens is 3. The van der Waals surface area contributed by atoms with Crippen LogP contribution in [0.1, 0.15) is 5.56 Å². The van der Waals surface area contributed by atoms with Crippen LogP contribution in [0.2, 0.25) is 25.7 Å². The highest BCUT2D eigenvalue weighted by molar-refractivity contribution is 6.76. The third-order valence-corrected chi connectivity index (χ3v) is 5.27. The van der Waals surface area contributed by atoms with E-state index in [0.717, 1.165) is 24.5 Å². The maximum Gasteiger partial charge on any atom is 0.490 e. The van der Waals surface area contributed by atoms with Crippen LogP contribution in [0.25, 0.3) is 11.0 Å². The number of pyridine rings is 1. The number of fused-ring (bicyclic) bond motifs is 1. The van der Waals surface area contributed by atoms with Crippen LogP contribution in [0.5, 0.6) is 0 Å². The molecule has 0 aliphatic heterocycles. The Balaban J connectivity index is 2.30. The highest BCUT2D eigenvalue weighted by Crippen LogP contribution is 2.35. The van der Waals surface area contributed by atoms with Gasteiger partial charge in [-0.25, -0.2) is 4.98 Å². The van der Waals surface area contributed by atoms with E-state index in [1.165, 1.54) is 4.57 Å². The minimum Gasteiger partial charge on any atom is -0.423 e. The van der Waals surface area contributed by atoms with Crippen molar-refractivity contribution in [2.45, 2.75) is 38.6 Å². The molecule has 2 N–H and O–H groups in total. The number of ether oxygens (including phenoxy) is 1. The lowest BCUT2D eigenvalue weighted by Gasteiger charge is -2.15. The second-order valence-electron chi connectivity index (χ2n) is 6.87. The molecule has 0 radical (unpaired) electrons. The van der Waals surface area contributed by atoms with E-state index >= 15 is 0 Å². The minimum atomic E-state index is -4.57. The molecular weight excluding hydrogens is 340 g/mol. The van der Waals surface area contributed by atoms with Gasteiger partial charge in [-0.15, -0.1) is 0 Å². The van der Waals surface area contributed by atoms with Gasteiger partial charge in [-0.05, 0) is 12.1 Å². The van der Waals surface area contributed by atoms with Crippen molar-refractivity contribution in [3.05, 3.63) is 24.0 Å². The van der Waals surface area contributed by atoms with Gasteiger partial charge in [-0.3, -0.25) is 0 Å². The first-order chi connectivity index (χ1) is 11.0. The monoisotopic (exact) mass is 360 g/mol. The summed E-state index contributed by atoms with van der Waals surface area (Å²) in [5, 5.41) is 18.1. The standard InChI is InChI=1S/C14H20BF3N2O3Si/c1-24(2,3)5-4-23-9-20-8-12(14(16,17)18)11-6-10(15(21)22)7-19-13(11)20/h6-8,21-22H,4-5,9H2,1-3H3. The molecule has 0 saturated heterocycles. The van der Waals surface area contributed by atoms with Gasteiger partial charge in [0.2, 0.25) is 0 Å². The fourth-order valence-corrected chi connectivity index (χ4v) is 2.95. The summed E-state index contributed by atoms with van der Waals surface area (Å²) in [6.45, 7) is 7.00. The zero-order chi connectivity index (χ0) is 18.1. The molecular formula is C14H20BF3N2O3Si. The molecule has 0 amide bonds. The van der Waals surface area contributed by atoms with Gasteiger partial charge in [0.05, 0.1) is 5.56 Å². The zero-order valence-corrected chi connectivity index (χ0v) is 14.8. The highest BCUT2D eigenvalue weighted by Gasteiger charge is 2.35. The molecule has 0 atom stereocenters. The second kappa shape index (κ2) is 6.87. The molecule has 10 heteroatoms. The van der Waals surface area contributed by atoms with E-state index in [-0.39, 0.29) is 23.2 Å². The van der Waals surface area contributed by atoms with Gasteiger partial charge in [0.1, 0.15) is 12.4 Å². The van der Waals surface area contributed by atoms with Crippen molar-refractivity contribution in [1.29, 1.82) is 0 Å². The Bertz CT molecular complexity index is 714. The Kier molecular flexibility index (Phi) is 5.43. The maximum absolute atomic E-state index is 13.2. The average molecular weight is 360 g/mol. The largest absolute Gasteiger partial charge is 0.490 e. The lowest BCUT2D eigenvalue weighted by atomic mass is 9.81. The Morgan fingerprint density at radius 3 is 2.50 bits per heavy atom. The SMILES string of the molecule is C[Si](C)(C)CCOCn1cc(C(F)(F)F)c2cc(B(O)O)cnc21. The molecule has 2 rings (SSSR count). The predicted octanol–water partition coefficient (Wildman–Crippen LogP) is 2.05. The van der Waals surface area contributed by atoms with Crippen molar-refractivity contribution < 1.29 is 28.0 Å². The topological polar surface area (TPSA) is 67.5 Å². The van der Waals surface area contributed by atoms with Crippen LogP contribution >= 0.6 is 0 Å². The van der Waals surface area contributed by atoms with E-state index < -0.39 is 26.9 Å². The minimum absolute atomic E-state index is 0.0366. The number of rotatable bonds is 6. The van der Waals surface area contributed by atoms with Crippen LogP contribution < -0.4 is 5.46 Å². The lowest BCUT2D eigenvalue weighted by molar-refractivity contribution is -0.136. The van der Waals surface area contributed by atoms with Crippen molar-refractivity contribution in [3.8, 4) is 0 Å². The summed E-state index contributed by atoms with van der Waals surface area (Å²) in [5.74, 6) is 0. The molecule has 0 spiro atoms. The quantitative estimate of drug-likeness (QED) is 0.611. The van der Waals surface area contributed by atoms with Gasteiger partial charge in [-0.2, -0.15) is 13.2 Å². The zero-order valence-electron chi connectivity index (χ0n) is 13.8. The van der Waals surface area contributed by atoms with Gasteiger partial charge in [0.25, 0.3) is 0 Å². The molecule has 5 nitrogen and oxygen atoms in total. The number of nitrogens with zero attached hydrogens (tertiary/aromatic N) is 2. The fourth-order valence-electron chi connectivity index (χ4n) is 2.19. The van der Waals surface area contributed by atoms with Gasteiger partial charge in [0.15, 0.2) is 0 Å². The number of aromatic nitrogens is 2. The van der Waals surface area contributed by atoms with Gasteiger partial charge < -0.3 is 19.4 Å². The molecule has 0 unspecified atom stereocenters. The molecule has 24 heavy (non-hydrogen) atoms. The number of hydrogen-bond donors (Lipinski definition) is 2. The first-order valence-corrected chi connectivity index (χ1v) is 11.2. The van der Waals surface area contributed by atoms with Crippen molar-refractivity contribution in [3.63, 3.8) is 0 Å². The third-order valence-electron chi connectivity index (χ3n) is 3.57. The van der Waals surface area contributed by atoms with Crippen LogP contribution in [0, 0.1) is 0 Å². The molecule has 0 saturated carbocycles. The lowest BCUT2D eigenvalue weighted by Crippen LogP contribution is -2.30. The Hall–Kier alpha value is -1.36. The summed E-state index contributed by atoms with van der Waals surface area (Å²) in [7, 11) is -3.15. The van der Waals surface area contributed by atoms with E-state index in [9.17, 15) is 13.2 Å². The summed E-state index contributed by atoms with van der Waals surface area (Å²) >= 11 is 0. The highest BCUT2D eigenvalue weighted by atomic mass is 28.3. The molecule has 0 aromatic carbocycles. The van der Waals surface area contributed by atoms with Crippen molar-refractivity contribution in [2.75, 3.05) is 6.61 Å². The molecule has 2 heterocycles. The molecule has 2 aromatic heterocycles. The van der Waals surface area contributed by atoms with Crippen molar-refractivity contribution >= 4 is 31.7 Å². The van der Waals surface area contributed by atoms with Gasteiger partial charge >= 0.3 is 13.3 Å². The fraction of sp³-hybridized carbons (Fsp3) is 0.500. The normalized spacial score (nSPS) is 12.8. The van der Waals surface area contributed by atoms with Crippen LogP contribution in [-0.4, -0.2) is 41.4 Å². The summed E-state index contributed by atoms with van der Waals surface area (Å²) in [6, 6.07) is 2.00. The molecule has 2 aromatic rings. The Labute approximate surface area is 139 Å². The Morgan fingerprint density at radius 1 is 1.29 bits per heavy atom. The van der Waals surface area contributed by atoms with E-state index in [4.69, 9.17) is 14.8 Å². The number of alkyl halides is 3. The second-order valence-corrected chi connectivity index (χ2v) is 12.5. The van der Waals surface area contributed by atoms with Crippen LogP contribution in [-0.2, 0) is 17.6 Å². The van der Waals surface area contributed by atoms with E-state index in [0.29, 0.717) is 6.61 Å². The van der Waals surface area contributed by atoms with Gasteiger partial charge in [-0.1, -0.05) is 19.6 Å². The summed E-state index contributed by atoms with van der Waals surface area (Å²) in [4.78, 5) is 3.94. The smallest absolute Gasteiger partial charge is 0.423 e. The van der Waals surface area contributed by atoms with E-state index in [1.54, 1.807) is 0 Å². The molecule has 0 aliphatic rings. The number of hydrogen-bond acceptors (Lipinski definition) is 4. The van der Waals surface area contributed by atoms with Gasteiger partial charge in [0, 0.05) is 37.9 Å². The van der Waals surface area contributed by atoms with Crippen LogP contribution in [0.4, 0.5) is 13.2 Å². The van der Waals surface area contributed by atoms with Crippen molar-refractivity contribution in [2.24, 2.45) is 0 Å². The average Bonchev–Trinajstić information content (AvgIpc) is 2.80. The molecule has 0 fully saturated rings.